The molecular formula is C9H10ClNO2S. The lowest BCUT2D eigenvalue weighted by atomic mass is 10.3. The molecule has 1 N–H and O–H groups in total. The highest BCUT2D eigenvalue weighted by Crippen LogP contribution is 2.30. The summed E-state index contributed by atoms with van der Waals surface area (Å²) in [4.78, 5) is 0. The Morgan fingerprint density at radius 3 is 2.64 bits per heavy atom. The first kappa shape index (κ1) is 9.80. The van der Waals surface area contributed by atoms with Gasteiger partial charge in [-0.1, -0.05) is 17.7 Å². The van der Waals surface area contributed by atoms with Crippen LogP contribution in [0.2, 0.25) is 5.02 Å². The van der Waals surface area contributed by atoms with Gasteiger partial charge in [0.2, 0.25) is 10.0 Å². The van der Waals surface area contributed by atoms with Crippen molar-refractivity contribution < 1.29 is 8.42 Å². The van der Waals surface area contributed by atoms with Crippen molar-refractivity contribution in [1.29, 1.82) is 0 Å². The highest BCUT2D eigenvalue weighted by molar-refractivity contribution is 7.93. The normalized spacial score (nSPS) is 16.6. The van der Waals surface area contributed by atoms with Crippen LogP contribution in [0.4, 0.5) is 5.69 Å². The number of hydrogen-bond acceptors (Lipinski definition) is 2. The molecule has 2 rings (SSSR count). The zero-order valence-corrected chi connectivity index (χ0v) is 8.98. The van der Waals surface area contributed by atoms with Crippen molar-refractivity contribution in [2.45, 2.75) is 18.1 Å². The van der Waals surface area contributed by atoms with E-state index in [1.54, 1.807) is 24.3 Å². The molecule has 0 aromatic heterocycles. The molecular weight excluding hydrogens is 222 g/mol. The lowest BCUT2D eigenvalue weighted by Gasteiger charge is -2.06. The predicted octanol–water partition coefficient (Wildman–Crippen LogP) is 2.24. The van der Waals surface area contributed by atoms with E-state index in [-0.39, 0.29) is 5.25 Å². The van der Waals surface area contributed by atoms with E-state index < -0.39 is 10.0 Å². The molecule has 0 atom stereocenters. The van der Waals surface area contributed by atoms with Crippen molar-refractivity contribution in [2.24, 2.45) is 0 Å². The van der Waals surface area contributed by atoms with E-state index in [2.05, 4.69) is 4.72 Å². The van der Waals surface area contributed by atoms with Crippen LogP contribution in [0.15, 0.2) is 24.3 Å². The molecule has 1 aliphatic carbocycles. The second-order valence-corrected chi connectivity index (χ2v) is 5.75. The van der Waals surface area contributed by atoms with Crippen LogP contribution in [0.25, 0.3) is 0 Å². The number of rotatable bonds is 3. The van der Waals surface area contributed by atoms with Crippen LogP contribution in [0, 0.1) is 0 Å². The molecule has 0 aliphatic heterocycles. The van der Waals surface area contributed by atoms with Gasteiger partial charge in [0.15, 0.2) is 0 Å². The Hall–Kier alpha value is -0.740. The molecule has 1 aliphatic rings. The van der Waals surface area contributed by atoms with Gasteiger partial charge in [-0.05, 0) is 31.0 Å². The number of anilines is 1. The topological polar surface area (TPSA) is 46.2 Å². The van der Waals surface area contributed by atoms with E-state index >= 15 is 0 Å². The van der Waals surface area contributed by atoms with Crippen LogP contribution >= 0.6 is 11.6 Å². The zero-order chi connectivity index (χ0) is 10.2. The number of hydrogen-bond donors (Lipinski definition) is 1. The van der Waals surface area contributed by atoms with Gasteiger partial charge in [0, 0.05) is 10.7 Å². The lowest BCUT2D eigenvalue weighted by molar-refractivity contribution is 0.600. The van der Waals surface area contributed by atoms with E-state index in [1.807, 2.05) is 0 Å². The fraction of sp³-hybridized carbons (Fsp3) is 0.333. The molecule has 0 bridgehead atoms. The SMILES string of the molecule is O=S(=O)(Nc1cccc(Cl)c1)C1CC1. The average molecular weight is 232 g/mol. The van der Waals surface area contributed by atoms with Crippen molar-refractivity contribution in [3.05, 3.63) is 29.3 Å². The summed E-state index contributed by atoms with van der Waals surface area (Å²) in [7, 11) is -3.17. The van der Waals surface area contributed by atoms with Crippen molar-refractivity contribution >= 4 is 27.3 Å². The lowest BCUT2D eigenvalue weighted by Crippen LogP contribution is -2.17. The largest absolute Gasteiger partial charge is 0.283 e. The molecule has 0 amide bonds. The van der Waals surface area contributed by atoms with Gasteiger partial charge in [-0.25, -0.2) is 8.42 Å². The summed E-state index contributed by atoms with van der Waals surface area (Å²) in [5, 5.41) is 0.322. The summed E-state index contributed by atoms with van der Waals surface area (Å²) in [6, 6.07) is 6.71. The third-order valence-corrected chi connectivity index (χ3v) is 4.15. The van der Waals surface area contributed by atoms with Gasteiger partial charge < -0.3 is 0 Å². The molecule has 0 saturated heterocycles. The quantitative estimate of drug-likeness (QED) is 0.867. The number of sulfonamides is 1. The second kappa shape index (κ2) is 3.44. The van der Waals surface area contributed by atoms with Crippen molar-refractivity contribution in [3.8, 4) is 0 Å². The fourth-order valence-electron chi connectivity index (χ4n) is 1.18. The average Bonchev–Trinajstić information content (AvgIpc) is 2.84. The summed E-state index contributed by atoms with van der Waals surface area (Å²) in [5.74, 6) is 0. The number of benzene rings is 1. The molecule has 14 heavy (non-hydrogen) atoms. The minimum atomic E-state index is -3.17. The zero-order valence-electron chi connectivity index (χ0n) is 7.40. The highest BCUT2D eigenvalue weighted by Gasteiger charge is 2.35. The first-order valence-corrected chi connectivity index (χ1v) is 6.27. The van der Waals surface area contributed by atoms with Crippen molar-refractivity contribution in [1.82, 2.24) is 0 Å². The fourth-order valence-corrected chi connectivity index (χ4v) is 2.75. The summed E-state index contributed by atoms with van der Waals surface area (Å²) in [6.07, 6.45) is 1.52. The van der Waals surface area contributed by atoms with Crippen molar-refractivity contribution in [2.75, 3.05) is 4.72 Å². The smallest absolute Gasteiger partial charge is 0.235 e. The number of nitrogens with one attached hydrogen (secondary N) is 1. The van der Waals surface area contributed by atoms with E-state index in [1.165, 1.54) is 0 Å². The van der Waals surface area contributed by atoms with Gasteiger partial charge in [0.25, 0.3) is 0 Å². The van der Waals surface area contributed by atoms with E-state index in [9.17, 15) is 8.42 Å². The molecule has 5 heteroatoms. The Kier molecular flexibility index (Phi) is 2.41. The predicted molar refractivity (Wildman–Crippen MR) is 57.0 cm³/mol. The Morgan fingerprint density at radius 1 is 1.36 bits per heavy atom. The van der Waals surface area contributed by atoms with E-state index in [0.717, 1.165) is 12.8 Å². The summed E-state index contributed by atoms with van der Waals surface area (Å²) in [6.45, 7) is 0. The molecule has 1 saturated carbocycles. The molecule has 0 spiro atoms. The maximum Gasteiger partial charge on any atom is 0.235 e. The third kappa shape index (κ3) is 2.19. The second-order valence-electron chi connectivity index (χ2n) is 3.36. The van der Waals surface area contributed by atoms with Crippen LogP contribution in [-0.4, -0.2) is 13.7 Å². The van der Waals surface area contributed by atoms with Crippen molar-refractivity contribution in [3.63, 3.8) is 0 Å². The highest BCUT2D eigenvalue weighted by atomic mass is 35.5. The van der Waals surface area contributed by atoms with Gasteiger partial charge in [-0.3, -0.25) is 4.72 Å². The Morgan fingerprint density at radius 2 is 2.07 bits per heavy atom. The Bertz CT molecular complexity index is 440. The van der Waals surface area contributed by atoms with Crippen LogP contribution < -0.4 is 4.72 Å². The first-order chi connectivity index (χ1) is 6.58. The van der Waals surface area contributed by atoms with Gasteiger partial charge in [0.1, 0.15) is 0 Å². The van der Waals surface area contributed by atoms with E-state index in [4.69, 9.17) is 11.6 Å². The van der Waals surface area contributed by atoms with Crippen LogP contribution in [0.3, 0.4) is 0 Å². The van der Waals surface area contributed by atoms with Crippen LogP contribution in [0.5, 0.6) is 0 Å². The van der Waals surface area contributed by atoms with E-state index in [0.29, 0.717) is 10.7 Å². The van der Waals surface area contributed by atoms with Gasteiger partial charge in [0.05, 0.1) is 5.25 Å². The molecule has 1 aromatic rings. The molecule has 3 nitrogen and oxygen atoms in total. The molecule has 76 valence electrons. The number of halogens is 1. The minimum Gasteiger partial charge on any atom is -0.283 e. The van der Waals surface area contributed by atoms with Gasteiger partial charge in [-0.2, -0.15) is 0 Å². The standard InChI is InChI=1S/C9H10ClNO2S/c10-7-2-1-3-8(6-7)11-14(12,13)9-4-5-9/h1-3,6,9,11H,4-5H2. The Balaban J connectivity index is 2.18. The van der Waals surface area contributed by atoms with Gasteiger partial charge >= 0.3 is 0 Å². The maximum absolute atomic E-state index is 11.5. The van der Waals surface area contributed by atoms with Gasteiger partial charge in [-0.15, -0.1) is 0 Å². The van der Waals surface area contributed by atoms with Crippen LogP contribution in [0.1, 0.15) is 12.8 Å². The molecule has 0 heterocycles. The molecule has 1 aromatic carbocycles. The Labute approximate surface area is 88.1 Å². The first-order valence-electron chi connectivity index (χ1n) is 4.35. The molecule has 0 unspecified atom stereocenters. The van der Waals surface area contributed by atoms with Crippen LogP contribution in [-0.2, 0) is 10.0 Å². The third-order valence-electron chi connectivity index (χ3n) is 2.05. The summed E-state index contributed by atoms with van der Waals surface area (Å²) < 4.78 is 25.5. The summed E-state index contributed by atoms with van der Waals surface area (Å²) >= 11 is 5.73. The minimum absolute atomic E-state index is 0.207. The maximum atomic E-state index is 11.5. The monoisotopic (exact) mass is 231 g/mol. The molecule has 0 radical (unpaired) electrons. The molecule has 1 fully saturated rings. The summed E-state index contributed by atoms with van der Waals surface area (Å²) in [5.41, 5.74) is 0.532.